The summed E-state index contributed by atoms with van der Waals surface area (Å²) < 4.78 is 5.37. The molecule has 2 aromatic heterocycles. The number of nitrogens with one attached hydrogen (secondary N) is 1. The second-order valence-electron chi connectivity index (χ2n) is 3.88. The van der Waals surface area contributed by atoms with Gasteiger partial charge in [0.25, 0.3) is 0 Å². The van der Waals surface area contributed by atoms with Crippen LogP contribution in [-0.2, 0) is 6.42 Å². The molecule has 3 heterocycles. The zero-order valence-electron chi connectivity index (χ0n) is 8.62. The van der Waals surface area contributed by atoms with Crippen LogP contribution in [0.5, 0.6) is 0 Å². The molecule has 0 spiro atoms. The topological polar surface area (TPSA) is 25.2 Å². The molecule has 2 aromatic rings. The van der Waals surface area contributed by atoms with Gasteiger partial charge in [-0.25, -0.2) is 0 Å². The molecule has 0 fully saturated rings. The molecule has 3 heteroatoms. The van der Waals surface area contributed by atoms with Gasteiger partial charge in [0.2, 0.25) is 0 Å². The summed E-state index contributed by atoms with van der Waals surface area (Å²) >= 11 is 1.84. The Morgan fingerprint density at radius 2 is 2.40 bits per heavy atom. The smallest absolute Gasteiger partial charge is 0.105 e. The summed E-state index contributed by atoms with van der Waals surface area (Å²) in [6, 6.07) is 4.65. The van der Waals surface area contributed by atoms with E-state index < -0.39 is 0 Å². The molecule has 1 N–H and O–H groups in total. The van der Waals surface area contributed by atoms with Crippen LogP contribution in [0.2, 0.25) is 0 Å². The lowest BCUT2D eigenvalue weighted by Crippen LogP contribution is -2.29. The van der Waals surface area contributed by atoms with E-state index in [4.69, 9.17) is 4.42 Å². The highest BCUT2D eigenvalue weighted by atomic mass is 32.1. The molecule has 1 unspecified atom stereocenters. The molecule has 0 amide bonds. The number of hydrogen-bond donors (Lipinski definition) is 1. The Morgan fingerprint density at radius 1 is 1.47 bits per heavy atom. The molecule has 0 bridgehead atoms. The van der Waals surface area contributed by atoms with Gasteiger partial charge in [-0.3, -0.25) is 0 Å². The van der Waals surface area contributed by atoms with E-state index in [0.29, 0.717) is 6.04 Å². The summed E-state index contributed by atoms with van der Waals surface area (Å²) in [4.78, 5) is 1.45. The fourth-order valence-electron chi connectivity index (χ4n) is 2.20. The van der Waals surface area contributed by atoms with Gasteiger partial charge < -0.3 is 9.73 Å². The first-order chi connectivity index (χ1) is 7.36. The number of thiophene rings is 1. The lowest BCUT2D eigenvalue weighted by atomic mass is 9.98. The molecular weight excluding hydrogens is 206 g/mol. The lowest BCUT2D eigenvalue weighted by molar-refractivity contribution is 0.513. The fraction of sp³-hybridized carbons (Fsp3) is 0.333. The summed E-state index contributed by atoms with van der Waals surface area (Å²) in [5.74, 6) is 1.02. The van der Waals surface area contributed by atoms with Gasteiger partial charge in [0.1, 0.15) is 5.76 Å². The molecule has 1 aliphatic heterocycles. The molecule has 1 atom stereocenters. The van der Waals surface area contributed by atoms with Gasteiger partial charge in [-0.15, -0.1) is 11.3 Å². The Hall–Kier alpha value is -1.06. The Balaban J connectivity index is 2.07. The maximum atomic E-state index is 5.37. The van der Waals surface area contributed by atoms with Gasteiger partial charge in [0.05, 0.1) is 12.3 Å². The van der Waals surface area contributed by atoms with Crippen molar-refractivity contribution in [3.8, 4) is 0 Å². The average molecular weight is 219 g/mol. The molecule has 0 radical (unpaired) electrons. The second kappa shape index (κ2) is 3.51. The minimum absolute atomic E-state index is 0.340. The Bertz CT molecular complexity index is 471. The molecule has 0 aliphatic carbocycles. The van der Waals surface area contributed by atoms with E-state index in [1.165, 1.54) is 16.0 Å². The summed E-state index contributed by atoms with van der Waals surface area (Å²) in [6.45, 7) is 3.08. The van der Waals surface area contributed by atoms with E-state index in [1.807, 2.05) is 18.3 Å². The highest BCUT2D eigenvalue weighted by Gasteiger charge is 2.24. The number of hydrogen-bond acceptors (Lipinski definition) is 3. The molecular formula is C12H13NOS. The molecule has 0 aromatic carbocycles. The van der Waals surface area contributed by atoms with Crippen LogP contribution in [-0.4, -0.2) is 6.54 Å². The Morgan fingerprint density at radius 3 is 3.20 bits per heavy atom. The van der Waals surface area contributed by atoms with Gasteiger partial charge in [0, 0.05) is 17.0 Å². The van der Waals surface area contributed by atoms with Crippen LogP contribution in [0.4, 0.5) is 0 Å². The van der Waals surface area contributed by atoms with Crippen LogP contribution in [0.1, 0.15) is 27.8 Å². The van der Waals surface area contributed by atoms with Gasteiger partial charge in [-0.2, -0.15) is 0 Å². The van der Waals surface area contributed by atoms with Crippen LogP contribution in [0.15, 0.2) is 28.2 Å². The largest absolute Gasteiger partial charge is 0.469 e. The van der Waals surface area contributed by atoms with Crippen LogP contribution in [0.25, 0.3) is 0 Å². The average Bonchev–Trinajstić information content (AvgIpc) is 2.85. The van der Waals surface area contributed by atoms with E-state index in [2.05, 4.69) is 22.8 Å². The van der Waals surface area contributed by atoms with E-state index in [0.717, 1.165) is 18.7 Å². The zero-order chi connectivity index (χ0) is 10.3. The van der Waals surface area contributed by atoms with Crippen molar-refractivity contribution in [1.82, 2.24) is 5.32 Å². The van der Waals surface area contributed by atoms with Crippen LogP contribution >= 0.6 is 11.3 Å². The van der Waals surface area contributed by atoms with Crippen molar-refractivity contribution >= 4 is 11.3 Å². The molecule has 0 saturated heterocycles. The summed E-state index contributed by atoms with van der Waals surface area (Å²) in [5, 5.41) is 5.74. The molecule has 2 nitrogen and oxygen atoms in total. The predicted molar refractivity (Wildman–Crippen MR) is 61.3 cm³/mol. The quantitative estimate of drug-likeness (QED) is 0.797. The number of aryl methyl sites for hydroxylation is 1. The number of rotatable bonds is 1. The minimum atomic E-state index is 0.340. The third kappa shape index (κ3) is 1.43. The van der Waals surface area contributed by atoms with E-state index >= 15 is 0 Å². The van der Waals surface area contributed by atoms with Crippen molar-refractivity contribution in [3.63, 3.8) is 0 Å². The lowest BCUT2D eigenvalue weighted by Gasteiger charge is -2.23. The van der Waals surface area contributed by atoms with E-state index in [9.17, 15) is 0 Å². The van der Waals surface area contributed by atoms with Gasteiger partial charge in [-0.05, 0) is 36.4 Å². The van der Waals surface area contributed by atoms with Crippen molar-refractivity contribution in [1.29, 1.82) is 0 Å². The third-order valence-electron chi connectivity index (χ3n) is 3.00. The summed E-state index contributed by atoms with van der Waals surface area (Å²) in [6.07, 6.45) is 2.92. The highest BCUT2D eigenvalue weighted by molar-refractivity contribution is 7.10. The number of furan rings is 1. The van der Waals surface area contributed by atoms with Crippen molar-refractivity contribution in [2.45, 2.75) is 19.4 Å². The maximum absolute atomic E-state index is 5.37. The zero-order valence-corrected chi connectivity index (χ0v) is 9.43. The summed E-state index contributed by atoms with van der Waals surface area (Å²) in [5.41, 5.74) is 2.77. The minimum Gasteiger partial charge on any atom is -0.469 e. The standard InChI is InChI=1S/C12H13NOS/c1-8-10(3-6-14-8)11-12-9(2-5-13-11)4-7-15-12/h3-4,6-7,11,13H,2,5H2,1H3. The fourth-order valence-corrected chi connectivity index (χ4v) is 3.24. The first-order valence-electron chi connectivity index (χ1n) is 5.20. The van der Waals surface area contributed by atoms with Gasteiger partial charge in [-0.1, -0.05) is 0 Å². The second-order valence-corrected chi connectivity index (χ2v) is 4.83. The summed E-state index contributed by atoms with van der Waals surface area (Å²) in [7, 11) is 0. The molecule has 78 valence electrons. The van der Waals surface area contributed by atoms with Crippen molar-refractivity contribution in [3.05, 3.63) is 45.5 Å². The van der Waals surface area contributed by atoms with E-state index in [-0.39, 0.29) is 0 Å². The predicted octanol–water partition coefficient (Wildman–Crippen LogP) is 2.88. The molecule has 15 heavy (non-hydrogen) atoms. The normalized spacial score (nSPS) is 20.2. The number of fused-ring (bicyclic) bond motifs is 1. The first-order valence-corrected chi connectivity index (χ1v) is 6.08. The van der Waals surface area contributed by atoms with Crippen molar-refractivity contribution in [2.75, 3.05) is 6.54 Å². The third-order valence-corrected chi connectivity index (χ3v) is 4.02. The monoisotopic (exact) mass is 219 g/mol. The van der Waals surface area contributed by atoms with Crippen molar-refractivity contribution in [2.24, 2.45) is 0 Å². The molecule has 3 rings (SSSR count). The maximum Gasteiger partial charge on any atom is 0.105 e. The Kier molecular flexibility index (Phi) is 2.15. The van der Waals surface area contributed by atoms with Crippen LogP contribution in [0.3, 0.4) is 0 Å². The van der Waals surface area contributed by atoms with Gasteiger partial charge in [0.15, 0.2) is 0 Å². The highest BCUT2D eigenvalue weighted by Crippen LogP contribution is 2.34. The van der Waals surface area contributed by atoms with Gasteiger partial charge >= 0.3 is 0 Å². The SMILES string of the molecule is Cc1occc1C1NCCc2ccsc21. The molecule has 0 saturated carbocycles. The van der Waals surface area contributed by atoms with E-state index in [1.54, 1.807) is 6.26 Å². The molecule has 1 aliphatic rings. The van der Waals surface area contributed by atoms with Crippen molar-refractivity contribution < 1.29 is 4.42 Å². The van der Waals surface area contributed by atoms with Crippen LogP contribution in [0, 0.1) is 6.92 Å². The Labute approximate surface area is 92.9 Å². The first kappa shape index (κ1) is 9.19. The van der Waals surface area contributed by atoms with Crippen LogP contribution < -0.4 is 5.32 Å².